The quantitative estimate of drug-likeness (QED) is 0.345. The Bertz CT molecular complexity index is 1170. The summed E-state index contributed by atoms with van der Waals surface area (Å²) in [5.74, 6) is 0.569. The maximum absolute atomic E-state index is 12.5. The van der Waals surface area contributed by atoms with E-state index in [1.165, 1.54) is 17.3 Å². The van der Waals surface area contributed by atoms with E-state index in [4.69, 9.17) is 10.5 Å². The summed E-state index contributed by atoms with van der Waals surface area (Å²) in [6.45, 7) is 10.3. The van der Waals surface area contributed by atoms with Crippen LogP contribution >= 0.6 is 11.8 Å². The molecular formula is C24H27N5O3S. The minimum absolute atomic E-state index is 0.0781. The van der Waals surface area contributed by atoms with Gasteiger partial charge in [0.2, 0.25) is 5.91 Å². The summed E-state index contributed by atoms with van der Waals surface area (Å²) in [7, 11) is 0. The first-order valence-corrected chi connectivity index (χ1v) is 11.4. The number of anilines is 1. The van der Waals surface area contributed by atoms with Gasteiger partial charge in [0.25, 0.3) is 5.91 Å². The number of thioether (sulfide) groups is 1. The molecule has 0 spiro atoms. The highest BCUT2D eigenvalue weighted by Crippen LogP contribution is 2.26. The van der Waals surface area contributed by atoms with E-state index in [9.17, 15) is 9.59 Å². The van der Waals surface area contributed by atoms with E-state index in [0.29, 0.717) is 23.2 Å². The topological polar surface area (TPSA) is 112 Å². The summed E-state index contributed by atoms with van der Waals surface area (Å²) >= 11 is 1.24. The number of carbonyl (C=O) groups is 2. The van der Waals surface area contributed by atoms with Crippen LogP contribution in [0.3, 0.4) is 0 Å². The van der Waals surface area contributed by atoms with Crippen molar-refractivity contribution in [1.29, 1.82) is 0 Å². The molecule has 1 aromatic heterocycles. The van der Waals surface area contributed by atoms with Gasteiger partial charge in [-0.05, 0) is 56.2 Å². The fourth-order valence-electron chi connectivity index (χ4n) is 3.18. The van der Waals surface area contributed by atoms with Crippen molar-refractivity contribution in [3.63, 3.8) is 0 Å². The molecular weight excluding hydrogens is 438 g/mol. The van der Waals surface area contributed by atoms with Crippen LogP contribution in [0, 0.1) is 13.8 Å². The minimum atomic E-state index is -0.605. The van der Waals surface area contributed by atoms with Crippen molar-refractivity contribution in [1.82, 2.24) is 14.8 Å². The van der Waals surface area contributed by atoms with Gasteiger partial charge in [0, 0.05) is 6.54 Å². The number of para-hydroxylation sites is 1. The average molecular weight is 466 g/mol. The Morgan fingerprint density at radius 1 is 1.21 bits per heavy atom. The number of hydrogen-bond donors (Lipinski definition) is 2. The Morgan fingerprint density at radius 3 is 2.67 bits per heavy atom. The Balaban J connectivity index is 1.70. The van der Waals surface area contributed by atoms with E-state index in [1.54, 1.807) is 30.3 Å². The fourth-order valence-corrected chi connectivity index (χ4v) is 3.93. The molecule has 0 bridgehead atoms. The van der Waals surface area contributed by atoms with Crippen molar-refractivity contribution in [2.75, 3.05) is 11.1 Å². The van der Waals surface area contributed by atoms with Gasteiger partial charge in [0.05, 0.1) is 17.0 Å². The summed E-state index contributed by atoms with van der Waals surface area (Å²) in [6.07, 6.45) is 1.38. The second-order valence-electron chi connectivity index (χ2n) is 7.49. The standard InChI is InChI=1S/C24H27N5O3S/c1-5-12-29-23(17(4)32-18-11-10-15(2)16(3)13-18)27-28-24(29)33-14-21(30)26-20-9-7-6-8-19(20)22(25)31/h5-11,13,17H,1,12,14H2,2-4H3,(H2,25,31)(H,26,30). The number of amides is 2. The van der Waals surface area contributed by atoms with Crippen LogP contribution in [0.2, 0.25) is 0 Å². The molecule has 0 fully saturated rings. The molecule has 3 rings (SSSR count). The lowest BCUT2D eigenvalue weighted by Crippen LogP contribution is -2.19. The van der Waals surface area contributed by atoms with Crippen LogP contribution < -0.4 is 15.8 Å². The lowest BCUT2D eigenvalue weighted by molar-refractivity contribution is -0.113. The normalized spacial score (nSPS) is 11.6. The number of ether oxygens (including phenoxy) is 1. The van der Waals surface area contributed by atoms with E-state index in [-0.39, 0.29) is 23.3 Å². The molecule has 33 heavy (non-hydrogen) atoms. The number of nitrogens with zero attached hydrogens (tertiary/aromatic N) is 3. The summed E-state index contributed by atoms with van der Waals surface area (Å²) < 4.78 is 7.96. The van der Waals surface area contributed by atoms with Crippen LogP contribution in [0.15, 0.2) is 60.3 Å². The fraction of sp³-hybridized carbons (Fsp3) is 0.250. The summed E-state index contributed by atoms with van der Waals surface area (Å²) in [4.78, 5) is 24.0. The molecule has 1 heterocycles. The monoisotopic (exact) mass is 465 g/mol. The zero-order chi connectivity index (χ0) is 24.0. The SMILES string of the molecule is C=CCn1c(SCC(=O)Nc2ccccc2C(N)=O)nnc1C(C)Oc1ccc(C)c(C)c1. The number of allylic oxidation sites excluding steroid dienone is 1. The van der Waals surface area contributed by atoms with E-state index >= 15 is 0 Å². The smallest absolute Gasteiger partial charge is 0.250 e. The molecule has 1 unspecified atom stereocenters. The van der Waals surface area contributed by atoms with Crippen LogP contribution in [0.25, 0.3) is 0 Å². The molecule has 2 aromatic carbocycles. The molecule has 172 valence electrons. The third-order valence-corrected chi connectivity index (χ3v) is 5.98. The predicted molar refractivity (Wildman–Crippen MR) is 129 cm³/mol. The molecule has 2 amide bonds. The highest BCUT2D eigenvalue weighted by molar-refractivity contribution is 7.99. The summed E-state index contributed by atoms with van der Waals surface area (Å²) in [6, 6.07) is 12.5. The summed E-state index contributed by atoms with van der Waals surface area (Å²) in [5.41, 5.74) is 8.34. The van der Waals surface area contributed by atoms with Gasteiger partial charge in [0.15, 0.2) is 17.1 Å². The molecule has 3 N–H and O–H groups in total. The van der Waals surface area contributed by atoms with Crippen LogP contribution in [0.1, 0.15) is 40.3 Å². The predicted octanol–water partition coefficient (Wildman–Crippen LogP) is 4.05. The lowest BCUT2D eigenvalue weighted by Gasteiger charge is -2.16. The highest BCUT2D eigenvalue weighted by atomic mass is 32.2. The molecule has 0 aliphatic rings. The van der Waals surface area contributed by atoms with Gasteiger partial charge < -0.3 is 15.8 Å². The van der Waals surface area contributed by atoms with Crippen molar-refractivity contribution in [2.45, 2.75) is 38.6 Å². The number of carbonyl (C=O) groups excluding carboxylic acids is 2. The Kier molecular flexibility index (Phi) is 7.89. The Labute approximate surface area is 197 Å². The van der Waals surface area contributed by atoms with Crippen LogP contribution in [0.5, 0.6) is 5.75 Å². The van der Waals surface area contributed by atoms with Gasteiger partial charge in [-0.15, -0.1) is 16.8 Å². The van der Waals surface area contributed by atoms with Gasteiger partial charge in [-0.1, -0.05) is 36.0 Å². The number of aryl methyl sites for hydroxylation is 2. The molecule has 8 nitrogen and oxygen atoms in total. The highest BCUT2D eigenvalue weighted by Gasteiger charge is 2.20. The number of aromatic nitrogens is 3. The van der Waals surface area contributed by atoms with Gasteiger partial charge >= 0.3 is 0 Å². The molecule has 9 heteroatoms. The number of nitrogens with one attached hydrogen (secondary N) is 1. The number of benzene rings is 2. The van der Waals surface area contributed by atoms with Crippen LogP contribution in [-0.2, 0) is 11.3 Å². The van der Waals surface area contributed by atoms with Gasteiger partial charge in [-0.2, -0.15) is 0 Å². The van der Waals surface area contributed by atoms with E-state index in [2.05, 4.69) is 29.0 Å². The number of primary amides is 1. The summed E-state index contributed by atoms with van der Waals surface area (Å²) in [5, 5.41) is 11.8. The maximum atomic E-state index is 12.5. The first-order valence-electron chi connectivity index (χ1n) is 10.4. The second kappa shape index (κ2) is 10.8. The molecule has 3 aromatic rings. The zero-order valence-electron chi connectivity index (χ0n) is 18.9. The average Bonchev–Trinajstić information content (AvgIpc) is 3.18. The number of hydrogen-bond acceptors (Lipinski definition) is 6. The number of rotatable bonds is 10. The molecule has 1 atom stereocenters. The molecule has 0 saturated carbocycles. The van der Waals surface area contributed by atoms with E-state index < -0.39 is 5.91 Å². The second-order valence-corrected chi connectivity index (χ2v) is 8.44. The number of nitrogens with two attached hydrogens (primary N) is 1. The van der Waals surface area contributed by atoms with Crippen molar-refractivity contribution in [3.05, 3.63) is 77.6 Å². The molecule has 0 radical (unpaired) electrons. The van der Waals surface area contributed by atoms with Crippen LogP contribution in [-0.4, -0.2) is 32.3 Å². The molecule has 0 aliphatic carbocycles. The first kappa shape index (κ1) is 24.1. The van der Waals surface area contributed by atoms with Gasteiger partial charge in [-0.3, -0.25) is 14.2 Å². The maximum Gasteiger partial charge on any atom is 0.250 e. The first-order chi connectivity index (χ1) is 15.8. The Morgan fingerprint density at radius 2 is 1.97 bits per heavy atom. The van der Waals surface area contributed by atoms with Crippen molar-refractivity contribution < 1.29 is 14.3 Å². The minimum Gasteiger partial charge on any atom is -0.483 e. The van der Waals surface area contributed by atoms with Crippen molar-refractivity contribution in [3.8, 4) is 5.75 Å². The van der Waals surface area contributed by atoms with E-state index in [1.807, 2.05) is 36.6 Å². The van der Waals surface area contributed by atoms with Crippen LogP contribution in [0.4, 0.5) is 5.69 Å². The van der Waals surface area contributed by atoms with Gasteiger partial charge in [0.1, 0.15) is 5.75 Å². The molecule has 0 saturated heterocycles. The van der Waals surface area contributed by atoms with E-state index in [0.717, 1.165) is 11.3 Å². The zero-order valence-corrected chi connectivity index (χ0v) is 19.7. The van der Waals surface area contributed by atoms with Crippen molar-refractivity contribution >= 4 is 29.3 Å². The third kappa shape index (κ3) is 6.01. The third-order valence-electron chi connectivity index (χ3n) is 5.01. The molecule has 0 aliphatic heterocycles. The Hall–Kier alpha value is -3.59. The largest absolute Gasteiger partial charge is 0.483 e. The van der Waals surface area contributed by atoms with Crippen molar-refractivity contribution in [2.24, 2.45) is 5.73 Å². The van der Waals surface area contributed by atoms with Gasteiger partial charge in [-0.25, -0.2) is 0 Å². The lowest BCUT2D eigenvalue weighted by atomic mass is 10.1.